The molecule has 5 nitrogen and oxygen atoms in total. The molecule has 0 amide bonds. The number of nitrogens with one attached hydrogen (secondary N) is 1. The molecule has 0 saturated carbocycles. The third-order valence-electron chi connectivity index (χ3n) is 2.94. The van der Waals surface area contributed by atoms with Gasteiger partial charge in [-0.05, 0) is 25.0 Å². The van der Waals surface area contributed by atoms with Gasteiger partial charge in [0.05, 0.1) is 12.8 Å². The van der Waals surface area contributed by atoms with E-state index in [4.69, 9.17) is 9.15 Å². The molecule has 88 valence electrons. The van der Waals surface area contributed by atoms with Crippen molar-refractivity contribution in [3.05, 3.63) is 24.2 Å². The second-order valence-corrected chi connectivity index (χ2v) is 3.93. The van der Waals surface area contributed by atoms with Gasteiger partial charge in [0.15, 0.2) is 0 Å². The number of hydrogen-bond acceptors (Lipinski definition) is 4. The lowest BCUT2D eigenvalue weighted by Crippen LogP contribution is -2.55. The highest BCUT2D eigenvalue weighted by Gasteiger charge is 2.39. The van der Waals surface area contributed by atoms with Crippen molar-refractivity contribution < 1.29 is 19.1 Å². The fourth-order valence-electron chi connectivity index (χ4n) is 1.86. The molecular weight excluding hydrogens is 210 g/mol. The summed E-state index contributed by atoms with van der Waals surface area (Å²) in [5.41, 5.74) is -0.870. The van der Waals surface area contributed by atoms with E-state index < -0.39 is 11.5 Å². The van der Waals surface area contributed by atoms with Crippen LogP contribution < -0.4 is 5.32 Å². The van der Waals surface area contributed by atoms with Gasteiger partial charge < -0.3 is 14.3 Å². The van der Waals surface area contributed by atoms with Gasteiger partial charge in [0.1, 0.15) is 11.3 Å². The monoisotopic (exact) mass is 225 g/mol. The molecule has 16 heavy (non-hydrogen) atoms. The van der Waals surface area contributed by atoms with Crippen molar-refractivity contribution in [2.24, 2.45) is 0 Å². The van der Waals surface area contributed by atoms with Gasteiger partial charge in [0, 0.05) is 13.2 Å². The van der Waals surface area contributed by atoms with E-state index >= 15 is 0 Å². The molecule has 0 aliphatic carbocycles. The molecule has 1 aliphatic rings. The predicted octanol–water partition coefficient (Wildman–Crippen LogP) is 1.00. The topological polar surface area (TPSA) is 71.7 Å². The summed E-state index contributed by atoms with van der Waals surface area (Å²) >= 11 is 0. The summed E-state index contributed by atoms with van der Waals surface area (Å²) in [5.74, 6) is -0.0746. The van der Waals surface area contributed by atoms with Crippen LogP contribution in [0.1, 0.15) is 18.6 Å². The van der Waals surface area contributed by atoms with E-state index in [1.165, 1.54) is 0 Å². The van der Waals surface area contributed by atoms with Gasteiger partial charge in [0.2, 0.25) is 0 Å². The summed E-state index contributed by atoms with van der Waals surface area (Å²) in [7, 11) is 0. The first-order chi connectivity index (χ1) is 7.73. The van der Waals surface area contributed by atoms with Gasteiger partial charge in [-0.1, -0.05) is 0 Å². The van der Waals surface area contributed by atoms with Gasteiger partial charge in [-0.15, -0.1) is 0 Å². The first kappa shape index (κ1) is 11.2. The maximum atomic E-state index is 11.3. The lowest BCUT2D eigenvalue weighted by Gasteiger charge is -2.33. The Hall–Kier alpha value is -1.33. The summed E-state index contributed by atoms with van der Waals surface area (Å²) < 4.78 is 10.3. The summed E-state index contributed by atoms with van der Waals surface area (Å²) in [4.78, 5) is 11.3. The van der Waals surface area contributed by atoms with E-state index in [1.54, 1.807) is 12.3 Å². The molecule has 1 aromatic heterocycles. The Morgan fingerprint density at radius 3 is 2.81 bits per heavy atom. The van der Waals surface area contributed by atoms with Crippen LogP contribution in [0.25, 0.3) is 0 Å². The first-order valence-electron chi connectivity index (χ1n) is 5.31. The highest BCUT2D eigenvalue weighted by Crippen LogP contribution is 2.21. The number of carboxylic acid groups (broad SMARTS) is 1. The quantitative estimate of drug-likeness (QED) is 0.800. The third-order valence-corrected chi connectivity index (χ3v) is 2.94. The van der Waals surface area contributed by atoms with Gasteiger partial charge in [-0.25, -0.2) is 0 Å². The number of furan rings is 1. The lowest BCUT2D eigenvalue weighted by molar-refractivity contribution is -0.149. The van der Waals surface area contributed by atoms with Crippen molar-refractivity contribution in [3.63, 3.8) is 0 Å². The van der Waals surface area contributed by atoms with E-state index in [0.717, 1.165) is 5.76 Å². The van der Waals surface area contributed by atoms with Crippen LogP contribution in [0.2, 0.25) is 0 Å². The second kappa shape index (κ2) is 4.67. The van der Waals surface area contributed by atoms with E-state index in [9.17, 15) is 9.90 Å². The van der Waals surface area contributed by atoms with Crippen LogP contribution in [0.3, 0.4) is 0 Å². The average molecular weight is 225 g/mol. The summed E-state index contributed by atoms with van der Waals surface area (Å²) in [6.45, 7) is 1.40. The minimum Gasteiger partial charge on any atom is -0.480 e. The van der Waals surface area contributed by atoms with Gasteiger partial charge in [-0.3, -0.25) is 10.1 Å². The smallest absolute Gasteiger partial charge is 0.324 e. The number of ether oxygens (including phenoxy) is 1. The molecule has 5 heteroatoms. The molecule has 0 spiro atoms. The molecule has 1 fully saturated rings. The minimum absolute atomic E-state index is 0.430. The second-order valence-electron chi connectivity index (χ2n) is 3.93. The maximum Gasteiger partial charge on any atom is 0.324 e. The zero-order valence-electron chi connectivity index (χ0n) is 8.94. The molecular formula is C11H15NO4. The number of hydrogen-bond donors (Lipinski definition) is 2. The molecule has 1 aliphatic heterocycles. The van der Waals surface area contributed by atoms with E-state index in [-0.39, 0.29) is 0 Å². The average Bonchev–Trinajstić information content (AvgIpc) is 2.80. The van der Waals surface area contributed by atoms with Crippen LogP contribution in [0.15, 0.2) is 22.8 Å². The van der Waals surface area contributed by atoms with Gasteiger partial charge >= 0.3 is 5.97 Å². The number of carboxylic acids is 1. The fraction of sp³-hybridized carbons (Fsp3) is 0.545. The fourth-order valence-corrected chi connectivity index (χ4v) is 1.86. The number of aliphatic carboxylic acids is 1. The molecule has 0 atom stereocenters. The van der Waals surface area contributed by atoms with E-state index in [0.29, 0.717) is 32.6 Å². The molecule has 0 bridgehead atoms. The normalized spacial score (nSPS) is 19.5. The van der Waals surface area contributed by atoms with Crippen LogP contribution >= 0.6 is 0 Å². The zero-order valence-corrected chi connectivity index (χ0v) is 8.94. The SMILES string of the molecule is O=C(O)C1(NCc2ccco2)CCOCC1. The highest BCUT2D eigenvalue weighted by atomic mass is 16.5. The van der Waals surface area contributed by atoms with Crippen molar-refractivity contribution in [2.45, 2.75) is 24.9 Å². The molecule has 1 saturated heterocycles. The Kier molecular flexibility index (Phi) is 3.26. The van der Waals surface area contributed by atoms with Crippen molar-refractivity contribution in [2.75, 3.05) is 13.2 Å². The number of carbonyl (C=O) groups is 1. The Morgan fingerprint density at radius 2 is 2.25 bits per heavy atom. The first-order valence-corrected chi connectivity index (χ1v) is 5.31. The largest absolute Gasteiger partial charge is 0.480 e. The van der Waals surface area contributed by atoms with E-state index in [2.05, 4.69) is 5.32 Å². The van der Waals surface area contributed by atoms with Crippen LogP contribution in [0, 0.1) is 0 Å². The molecule has 1 aromatic rings. The Bertz CT molecular complexity index is 341. The summed E-state index contributed by atoms with van der Waals surface area (Å²) in [6, 6.07) is 3.61. The lowest BCUT2D eigenvalue weighted by atomic mass is 9.90. The molecule has 0 unspecified atom stereocenters. The van der Waals surface area contributed by atoms with Crippen LogP contribution in [-0.4, -0.2) is 29.8 Å². The van der Waals surface area contributed by atoms with Crippen LogP contribution in [-0.2, 0) is 16.1 Å². The Morgan fingerprint density at radius 1 is 1.50 bits per heavy atom. The molecule has 2 rings (SSSR count). The van der Waals surface area contributed by atoms with Gasteiger partial charge in [0.25, 0.3) is 0 Å². The minimum atomic E-state index is -0.870. The van der Waals surface area contributed by atoms with Crippen molar-refractivity contribution >= 4 is 5.97 Å². The molecule has 0 aromatic carbocycles. The van der Waals surface area contributed by atoms with Crippen LogP contribution in [0.4, 0.5) is 0 Å². The molecule has 2 N–H and O–H groups in total. The molecule has 2 heterocycles. The number of rotatable bonds is 4. The van der Waals surface area contributed by atoms with Crippen LogP contribution in [0.5, 0.6) is 0 Å². The van der Waals surface area contributed by atoms with Crippen molar-refractivity contribution in [1.29, 1.82) is 0 Å². The maximum absolute atomic E-state index is 11.3. The predicted molar refractivity (Wildman–Crippen MR) is 56.0 cm³/mol. The Labute approximate surface area is 93.4 Å². The highest BCUT2D eigenvalue weighted by molar-refractivity contribution is 5.78. The van der Waals surface area contributed by atoms with Crippen molar-refractivity contribution in [3.8, 4) is 0 Å². The standard InChI is InChI=1S/C11H15NO4/c13-10(14)11(3-6-15-7-4-11)12-8-9-2-1-5-16-9/h1-2,5,12H,3-4,6-8H2,(H,13,14). The third kappa shape index (κ3) is 2.25. The Balaban J connectivity index is 2.00. The summed E-state index contributed by atoms with van der Waals surface area (Å²) in [6.07, 6.45) is 2.56. The van der Waals surface area contributed by atoms with E-state index in [1.807, 2.05) is 6.07 Å². The van der Waals surface area contributed by atoms with Gasteiger partial charge in [-0.2, -0.15) is 0 Å². The molecule has 0 radical (unpaired) electrons. The summed E-state index contributed by atoms with van der Waals surface area (Å²) in [5, 5.41) is 12.3. The van der Waals surface area contributed by atoms with Crippen molar-refractivity contribution in [1.82, 2.24) is 5.32 Å². The zero-order chi connectivity index (χ0) is 11.4.